The van der Waals surface area contributed by atoms with E-state index in [-0.39, 0.29) is 5.78 Å². The Morgan fingerprint density at radius 2 is 1.45 bits per heavy atom. The first-order valence-corrected chi connectivity index (χ1v) is 11.6. The van der Waals surface area contributed by atoms with Crippen molar-refractivity contribution in [3.8, 4) is 28.3 Å². The smallest absolute Gasteiger partial charge is 0.210 e. The minimum absolute atomic E-state index is 0.0194. The lowest BCUT2D eigenvalue weighted by Gasteiger charge is -2.11. The lowest BCUT2D eigenvalue weighted by Crippen LogP contribution is -2.00. The predicted octanol–water partition coefficient (Wildman–Crippen LogP) is 6.33. The van der Waals surface area contributed by atoms with E-state index in [1.807, 2.05) is 24.3 Å². The van der Waals surface area contributed by atoms with Gasteiger partial charge < -0.3 is 4.74 Å². The summed E-state index contributed by atoms with van der Waals surface area (Å²) >= 11 is 1.47. The van der Waals surface area contributed by atoms with Gasteiger partial charge in [0.2, 0.25) is 5.16 Å². The Hall–Kier alpha value is -3.51. The number of hydrogen-bond acceptors (Lipinski definition) is 6. The number of carbonyl (C=O) groups is 1. The minimum atomic E-state index is 0.0194. The first-order valence-electron chi connectivity index (χ1n) is 10.6. The quantitative estimate of drug-likeness (QED) is 0.240. The number of methoxy groups -OCH3 is 1. The topological polar surface area (TPSA) is 65.0 Å². The van der Waals surface area contributed by atoms with E-state index in [2.05, 4.69) is 60.4 Å². The summed E-state index contributed by atoms with van der Waals surface area (Å²) in [7, 11) is 1.63. The van der Waals surface area contributed by atoms with Crippen molar-refractivity contribution in [2.75, 3.05) is 7.11 Å². The van der Waals surface area contributed by atoms with E-state index < -0.39 is 0 Å². The van der Waals surface area contributed by atoms with Gasteiger partial charge >= 0.3 is 0 Å². The van der Waals surface area contributed by atoms with Gasteiger partial charge in [-0.2, -0.15) is 0 Å². The minimum Gasteiger partial charge on any atom is -0.496 e. The molecule has 4 aromatic rings. The molecule has 0 saturated carbocycles. The second-order valence-corrected chi connectivity index (χ2v) is 8.84. The molecule has 0 aliphatic rings. The van der Waals surface area contributed by atoms with Crippen molar-refractivity contribution in [2.45, 2.75) is 31.7 Å². The Kier molecular flexibility index (Phi) is 6.84. The molecule has 166 valence electrons. The Labute approximate surface area is 198 Å². The summed E-state index contributed by atoms with van der Waals surface area (Å²) < 4.78 is 5.48. The van der Waals surface area contributed by atoms with Crippen LogP contribution in [0.5, 0.6) is 5.75 Å². The number of hydrogen-bond donors (Lipinski definition) is 0. The Morgan fingerprint density at radius 3 is 2.03 bits per heavy atom. The van der Waals surface area contributed by atoms with Crippen molar-refractivity contribution in [1.82, 2.24) is 15.2 Å². The second kappa shape index (κ2) is 9.96. The van der Waals surface area contributed by atoms with E-state index in [0.29, 0.717) is 16.5 Å². The SMILES string of the molecule is COc1ccc(C(C)=O)cc1CSc1nnc(-c2ccc(C)cc2)c(-c2ccc(C)cc2)n1. The van der Waals surface area contributed by atoms with Gasteiger partial charge in [-0.3, -0.25) is 4.79 Å². The van der Waals surface area contributed by atoms with E-state index in [9.17, 15) is 4.79 Å². The van der Waals surface area contributed by atoms with Crippen LogP contribution in [-0.4, -0.2) is 28.1 Å². The van der Waals surface area contributed by atoms with Crippen LogP contribution < -0.4 is 4.74 Å². The summed E-state index contributed by atoms with van der Waals surface area (Å²) in [4.78, 5) is 16.7. The fraction of sp³-hybridized carbons (Fsp3) is 0.185. The zero-order valence-electron chi connectivity index (χ0n) is 19.1. The maximum Gasteiger partial charge on any atom is 0.210 e. The molecule has 0 radical (unpaired) electrons. The molecular formula is C27H25N3O2S. The maximum absolute atomic E-state index is 11.8. The standard InChI is InChI=1S/C27H25N3O2S/c1-17-5-9-20(10-6-17)25-26(21-11-7-18(2)8-12-21)29-30-27(28-25)33-16-23-15-22(19(3)31)13-14-24(23)32-4/h5-15H,16H2,1-4H3. The molecule has 1 aromatic heterocycles. The van der Waals surface area contributed by atoms with Crippen LogP contribution >= 0.6 is 11.8 Å². The maximum atomic E-state index is 11.8. The van der Waals surface area contributed by atoms with E-state index in [1.165, 1.54) is 22.9 Å². The monoisotopic (exact) mass is 455 g/mol. The molecule has 0 atom stereocenters. The van der Waals surface area contributed by atoms with E-state index in [4.69, 9.17) is 9.72 Å². The summed E-state index contributed by atoms with van der Waals surface area (Å²) in [6, 6.07) is 21.9. The largest absolute Gasteiger partial charge is 0.496 e. The molecule has 6 heteroatoms. The van der Waals surface area contributed by atoms with Gasteiger partial charge in [-0.15, -0.1) is 10.2 Å². The molecule has 0 unspecified atom stereocenters. The molecule has 0 aliphatic carbocycles. The third kappa shape index (κ3) is 5.29. The second-order valence-electron chi connectivity index (χ2n) is 7.90. The fourth-order valence-corrected chi connectivity index (χ4v) is 4.21. The van der Waals surface area contributed by atoms with Gasteiger partial charge in [0.05, 0.1) is 7.11 Å². The highest BCUT2D eigenvalue weighted by Gasteiger charge is 2.15. The molecule has 0 N–H and O–H groups in total. The van der Waals surface area contributed by atoms with Crippen molar-refractivity contribution >= 4 is 17.5 Å². The van der Waals surface area contributed by atoms with Crippen molar-refractivity contribution in [1.29, 1.82) is 0 Å². The van der Waals surface area contributed by atoms with Crippen LogP contribution in [-0.2, 0) is 5.75 Å². The number of aromatic nitrogens is 3. The number of rotatable bonds is 7. The number of nitrogens with zero attached hydrogens (tertiary/aromatic N) is 3. The first kappa shape index (κ1) is 22.7. The third-order valence-electron chi connectivity index (χ3n) is 5.36. The number of benzene rings is 3. The van der Waals surface area contributed by atoms with E-state index >= 15 is 0 Å². The van der Waals surface area contributed by atoms with E-state index in [0.717, 1.165) is 33.8 Å². The molecule has 0 saturated heterocycles. The summed E-state index contributed by atoms with van der Waals surface area (Å²) in [5.74, 6) is 1.31. The van der Waals surface area contributed by atoms with E-state index in [1.54, 1.807) is 20.1 Å². The fourth-order valence-electron chi connectivity index (χ4n) is 3.44. The molecule has 0 aliphatic heterocycles. The van der Waals surface area contributed by atoms with Crippen molar-refractivity contribution < 1.29 is 9.53 Å². The number of ketones is 1. The highest BCUT2D eigenvalue weighted by atomic mass is 32.2. The summed E-state index contributed by atoms with van der Waals surface area (Å²) in [6.45, 7) is 5.68. The van der Waals surface area contributed by atoms with Crippen molar-refractivity contribution in [3.05, 3.63) is 89.0 Å². The Balaban J connectivity index is 1.70. The van der Waals surface area contributed by atoms with Gasteiger partial charge in [0, 0.05) is 28.0 Å². The zero-order chi connectivity index (χ0) is 23.4. The van der Waals surface area contributed by atoms with Crippen LogP contribution in [0.4, 0.5) is 0 Å². The van der Waals surface area contributed by atoms with Gasteiger partial charge in [-0.25, -0.2) is 4.98 Å². The molecule has 0 spiro atoms. The van der Waals surface area contributed by atoms with Crippen LogP contribution in [0.1, 0.15) is 34.0 Å². The van der Waals surface area contributed by atoms with Crippen LogP contribution in [0.15, 0.2) is 71.9 Å². The third-order valence-corrected chi connectivity index (χ3v) is 6.25. The zero-order valence-corrected chi connectivity index (χ0v) is 19.9. The van der Waals surface area contributed by atoms with Gasteiger partial charge in [0.15, 0.2) is 5.78 Å². The normalized spacial score (nSPS) is 10.8. The molecule has 5 nitrogen and oxygen atoms in total. The van der Waals surface area contributed by atoms with Crippen molar-refractivity contribution in [3.63, 3.8) is 0 Å². The Bertz CT molecular complexity index is 1290. The molecular weight excluding hydrogens is 430 g/mol. The number of carbonyl (C=O) groups excluding carboxylic acids is 1. The van der Waals surface area contributed by atoms with Gasteiger partial charge in [0.25, 0.3) is 0 Å². The number of thioether (sulfide) groups is 1. The van der Waals surface area contributed by atoms with Gasteiger partial charge in [0.1, 0.15) is 17.1 Å². The lowest BCUT2D eigenvalue weighted by atomic mass is 10.0. The molecule has 0 fully saturated rings. The predicted molar refractivity (Wildman–Crippen MR) is 133 cm³/mol. The summed E-state index contributed by atoms with van der Waals surface area (Å²) in [6.07, 6.45) is 0. The Morgan fingerprint density at radius 1 is 0.848 bits per heavy atom. The number of Topliss-reactive ketones (excluding diaryl/α,β-unsaturated/α-hetero) is 1. The average Bonchev–Trinajstić information content (AvgIpc) is 2.83. The summed E-state index contributed by atoms with van der Waals surface area (Å²) in [5, 5.41) is 9.53. The molecule has 0 bridgehead atoms. The summed E-state index contributed by atoms with van der Waals surface area (Å²) in [5.41, 5.74) is 7.45. The van der Waals surface area contributed by atoms with Crippen molar-refractivity contribution in [2.24, 2.45) is 0 Å². The van der Waals surface area contributed by atoms with Crippen LogP contribution in [0.3, 0.4) is 0 Å². The number of ether oxygens (including phenoxy) is 1. The number of aryl methyl sites for hydroxylation is 2. The van der Waals surface area contributed by atoms with Crippen LogP contribution in [0.25, 0.3) is 22.5 Å². The average molecular weight is 456 g/mol. The molecule has 1 heterocycles. The highest BCUT2D eigenvalue weighted by molar-refractivity contribution is 7.98. The van der Waals surface area contributed by atoms with Crippen LogP contribution in [0.2, 0.25) is 0 Å². The van der Waals surface area contributed by atoms with Gasteiger partial charge in [-0.05, 0) is 39.0 Å². The first-order chi connectivity index (χ1) is 15.9. The molecule has 33 heavy (non-hydrogen) atoms. The highest BCUT2D eigenvalue weighted by Crippen LogP contribution is 2.32. The molecule has 3 aromatic carbocycles. The van der Waals surface area contributed by atoms with Gasteiger partial charge in [-0.1, -0.05) is 71.4 Å². The lowest BCUT2D eigenvalue weighted by molar-refractivity contribution is 0.101. The molecule has 0 amide bonds. The molecule has 4 rings (SSSR count). The van der Waals surface area contributed by atoms with Crippen LogP contribution in [0, 0.1) is 13.8 Å².